The fourth-order valence-electron chi connectivity index (χ4n) is 1.10. The minimum Gasteiger partial charge on any atom is -0.342 e. The van der Waals surface area contributed by atoms with Crippen LogP contribution < -0.4 is 0 Å². The minimum atomic E-state index is 0.226. The molecule has 0 rings (SSSR count). The average molecular weight is 172 g/mol. The van der Waals surface area contributed by atoms with E-state index in [0.717, 1.165) is 19.5 Å². The van der Waals surface area contributed by atoms with E-state index in [-0.39, 0.29) is 5.91 Å². The summed E-state index contributed by atoms with van der Waals surface area (Å²) in [6, 6.07) is 0. The molecule has 0 saturated heterocycles. The van der Waals surface area contributed by atoms with Crippen molar-refractivity contribution in [2.75, 3.05) is 33.7 Å². The largest absolute Gasteiger partial charge is 0.342 e. The van der Waals surface area contributed by atoms with E-state index in [1.165, 1.54) is 0 Å². The van der Waals surface area contributed by atoms with Gasteiger partial charge in [0.2, 0.25) is 5.91 Å². The Morgan fingerprint density at radius 1 is 1.25 bits per heavy atom. The van der Waals surface area contributed by atoms with E-state index in [9.17, 15) is 4.79 Å². The van der Waals surface area contributed by atoms with Gasteiger partial charge in [-0.3, -0.25) is 4.79 Å². The third-order valence-electron chi connectivity index (χ3n) is 1.68. The van der Waals surface area contributed by atoms with E-state index in [1.807, 2.05) is 30.8 Å². The van der Waals surface area contributed by atoms with Gasteiger partial charge in [0.05, 0.1) is 6.54 Å². The van der Waals surface area contributed by atoms with Gasteiger partial charge < -0.3 is 9.80 Å². The predicted octanol–water partition coefficient (Wildman–Crippen LogP) is 0.806. The summed E-state index contributed by atoms with van der Waals surface area (Å²) < 4.78 is 0. The zero-order valence-corrected chi connectivity index (χ0v) is 8.63. The summed E-state index contributed by atoms with van der Waals surface area (Å²) in [5, 5.41) is 0. The predicted molar refractivity (Wildman–Crippen MR) is 51.1 cm³/mol. The summed E-state index contributed by atoms with van der Waals surface area (Å²) in [6.45, 7) is 6.33. The summed E-state index contributed by atoms with van der Waals surface area (Å²) >= 11 is 0. The van der Waals surface area contributed by atoms with Gasteiger partial charge in [-0.15, -0.1) is 0 Å². The topological polar surface area (TPSA) is 23.6 Å². The SMILES string of the molecule is CCCN(CC)C(=O)CN(C)C. The molecule has 0 fully saturated rings. The number of rotatable bonds is 5. The van der Waals surface area contributed by atoms with Crippen molar-refractivity contribution in [3.63, 3.8) is 0 Å². The molecule has 0 unspecified atom stereocenters. The van der Waals surface area contributed by atoms with Crippen molar-refractivity contribution in [2.24, 2.45) is 0 Å². The van der Waals surface area contributed by atoms with Gasteiger partial charge in [0.15, 0.2) is 0 Å². The van der Waals surface area contributed by atoms with E-state index in [4.69, 9.17) is 0 Å². The summed E-state index contributed by atoms with van der Waals surface area (Å²) in [7, 11) is 3.83. The molecular formula is C9H20N2O. The first-order valence-corrected chi connectivity index (χ1v) is 4.54. The van der Waals surface area contributed by atoms with Crippen LogP contribution in [0.5, 0.6) is 0 Å². The molecule has 0 aromatic heterocycles. The van der Waals surface area contributed by atoms with Crippen molar-refractivity contribution in [1.29, 1.82) is 0 Å². The van der Waals surface area contributed by atoms with Gasteiger partial charge in [-0.05, 0) is 27.4 Å². The first-order valence-electron chi connectivity index (χ1n) is 4.54. The highest BCUT2D eigenvalue weighted by Crippen LogP contribution is 1.93. The van der Waals surface area contributed by atoms with Crippen molar-refractivity contribution < 1.29 is 4.79 Å². The Kier molecular flexibility index (Phi) is 5.72. The molecule has 3 heteroatoms. The van der Waals surface area contributed by atoms with Gasteiger partial charge >= 0.3 is 0 Å². The maximum atomic E-state index is 11.5. The zero-order valence-electron chi connectivity index (χ0n) is 8.63. The Morgan fingerprint density at radius 2 is 1.83 bits per heavy atom. The van der Waals surface area contributed by atoms with Crippen LogP contribution >= 0.6 is 0 Å². The lowest BCUT2D eigenvalue weighted by molar-refractivity contribution is -0.131. The van der Waals surface area contributed by atoms with Gasteiger partial charge in [0.1, 0.15) is 0 Å². The van der Waals surface area contributed by atoms with E-state index in [1.54, 1.807) is 0 Å². The first-order chi connectivity index (χ1) is 5.61. The maximum absolute atomic E-state index is 11.5. The molecule has 0 spiro atoms. The van der Waals surface area contributed by atoms with E-state index >= 15 is 0 Å². The van der Waals surface area contributed by atoms with Crippen LogP contribution in [0.15, 0.2) is 0 Å². The normalized spacial score (nSPS) is 10.4. The Labute approximate surface area is 75.3 Å². The van der Waals surface area contributed by atoms with Crippen molar-refractivity contribution in [2.45, 2.75) is 20.3 Å². The van der Waals surface area contributed by atoms with Crippen LogP contribution in [0.25, 0.3) is 0 Å². The highest BCUT2D eigenvalue weighted by Gasteiger charge is 2.10. The quantitative estimate of drug-likeness (QED) is 0.612. The van der Waals surface area contributed by atoms with Crippen LogP contribution in [0.1, 0.15) is 20.3 Å². The Bertz CT molecular complexity index is 134. The second-order valence-corrected chi connectivity index (χ2v) is 3.21. The van der Waals surface area contributed by atoms with Crippen LogP contribution in [0.3, 0.4) is 0 Å². The molecule has 0 atom stereocenters. The van der Waals surface area contributed by atoms with Crippen LogP contribution in [0.4, 0.5) is 0 Å². The fraction of sp³-hybridized carbons (Fsp3) is 0.889. The van der Waals surface area contributed by atoms with Crippen LogP contribution in [0, 0.1) is 0 Å². The lowest BCUT2D eigenvalue weighted by atomic mass is 10.4. The number of hydrogen-bond acceptors (Lipinski definition) is 2. The van der Waals surface area contributed by atoms with Gasteiger partial charge in [0, 0.05) is 13.1 Å². The molecule has 3 nitrogen and oxygen atoms in total. The summed E-state index contributed by atoms with van der Waals surface area (Å²) in [5.74, 6) is 0.226. The number of nitrogens with zero attached hydrogens (tertiary/aromatic N) is 2. The molecule has 0 N–H and O–H groups in total. The highest BCUT2D eigenvalue weighted by atomic mass is 16.2. The monoisotopic (exact) mass is 172 g/mol. The minimum absolute atomic E-state index is 0.226. The van der Waals surface area contributed by atoms with Crippen molar-refractivity contribution in [3.05, 3.63) is 0 Å². The lowest BCUT2D eigenvalue weighted by Gasteiger charge is -2.21. The summed E-state index contributed by atoms with van der Waals surface area (Å²) in [5.41, 5.74) is 0. The van der Waals surface area contributed by atoms with Gasteiger partial charge in [-0.1, -0.05) is 6.92 Å². The number of amides is 1. The van der Waals surface area contributed by atoms with E-state index < -0.39 is 0 Å². The second kappa shape index (κ2) is 6.00. The van der Waals surface area contributed by atoms with Crippen molar-refractivity contribution >= 4 is 5.91 Å². The molecule has 0 heterocycles. The molecule has 1 amide bonds. The number of carbonyl (C=O) groups excluding carboxylic acids is 1. The molecule has 0 saturated carbocycles. The fourth-order valence-corrected chi connectivity index (χ4v) is 1.10. The first kappa shape index (κ1) is 11.4. The number of carbonyl (C=O) groups is 1. The standard InChI is InChI=1S/C9H20N2O/c1-5-7-11(6-2)9(12)8-10(3)4/h5-8H2,1-4H3. The number of likely N-dealkylation sites (N-methyl/N-ethyl adjacent to an activating group) is 2. The average Bonchev–Trinajstić information content (AvgIpc) is 1.98. The van der Waals surface area contributed by atoms with Crippen molar-refractivity contribution in [3.8, 4) is 0 Å². The third kappa shape index (κ3) is 4.34. The molecule has 0 aliphatic carbocycles. The Hall–Kier alpha value is -0.570. The van der Waals surface area contributed by atoms with E-state index in [0.29, 0.717) is 6.54 Å². The molecule has 0 aromatic carbocycles. The lowest BCUT2D eigenvalue weighted by Crippen LogP contribution is -2.38. The van der Waals surface area contributed by atoms with Gasteiger partial charge in [0.25, 0.3) is 0 Å². The van der Waals surface area contributed by atoms with Crippen LogP contribution in [-0.2, 0) is 4.79 Å². The Morgan fingerprint density at radius 3 is 2.17 bits per heavy atom. The van der Waals surface area contributed by atoms with Crippen LogP contribution in [0.2, 0.25) is 0 Å². The van der Waals surface area contributed by atoms with Gasteiger partial charge in [-0.25, -0.2) is 0 Å². The smallest absolute Gasteiger partial charge is 0.236 e. The molecule has 0 aliphatic heterocycles. The second-order valence-electron chi connectivity index (χ2n) is 3.21. The van der Waals surface area contributed by atoms with Crippen LogP contribution in [-0.4, -0.2) is 49.4 Å². The molecule has 0 radical (unpaired) electrons. The molecule has 12 heavy (non-hydrogen) atoms. The summed E-state index contributed by atoms with van der Waals surface area (Å²) in [6.07, 6.45) is 1.03. The Balaban J connectivity index is 3.85. The number of hydrogen-bond donors (Lipinski definition) is 0. The van der Waals surface area contributed by atoms with Gasteiger partial charge in [-0.2, -0.15) is 0 Å². The molecule has 0 aliphatic rings. The third-order valence-corrected chi connectivity index (χ3v) is 1.68. The summed E-state index contributed by atoms with van der Waals surface area (Å²) in [4.78, 5) is 15.3. The maximum Gasteiger partial charge on any atom is 0.236 e. The molecule has 0 aromatic rings. The highest BCUT2D eigenvalue weighted by molar-refractivity contribution is 5.78. The van der Waals surface area contributed by atoms with E-state index in [2.05, 4.69) is 6.92 Å². The molecule has 72 valence electrons. The van der Waals surface area contributed by atoms with Crippen molar-refractivity contribution in [1.82, 2.24) is 9.80 Å². The molecule has 0 bridgehead atoms. The zero-order chi connectivity index (χ0) is 9.56. The molecular weight excluding hydrogens is 152 g/mol.